The largest absolute Gasteiger partial charge is 0.390 e. The van der Waals surface area contributed by atoms with Crippen LogP contribution >= 0.6 is 11.8 Å². The van der Waals surface area contributed by atoms with E-state index in [-0.39, 0.29) is 0 Å². The minimum Gasteiger partial charge on any atom is -0.390 e. The summed E-state index contributed by atoms with van der Waals surface area (Å²) in [5, 5.41) is 10.7. The van der Waals surface area contributed by atoms with Crippen LogP contribution < -0.4 is 0 Å². The van der Waals surface area contributed by atoms with Gasteiger partial charge in [-0.1, -0.05) is 42.1 Å². The van der Waals surface area contributed by atoms with Crippen LogP contribution in [0.4, 0.5) is 0 Å². The minimum absolute atomic E-state index is 0.374. The maximum Gasteiger partial charge on any atom is 0.168 e. The molecule has 1 aromatic heterocycles. The number of ether oxygens (including phenoxy) is 1. The van der Waals surface area contributed by atoms with E-state index in [4.69, 9.17) is 4.74 Å². The Labute approximate surface area is 123 Å². The second-order valence-electron chi connectivity index (χ2n) is 4.48. The molecule has 0 unspecified atom stereocenters. The number of aliphatic hydroxyl groups is 1. The summed E-state index contributed by atoms with van der Waals surface area (Å²) < 4.78 is 7.25. The molecule has 0 bridgehead atoms. The van der Waals surface area contributed by atoms with Crippen molar-refractivity contribution >= 4 is 11.8 Å². The summed E-state index contributed by atoms with van der Waals surface area (Å²) in [5.74, 6) is 0.582. The number of hydrogen-bond donors (Lipinski definition) is 1. The molecule has 0 fully saturated rings. The third-order valence-corrected chi connectivity index (χ3v) is 4.12. The molecule has 1 atom stereocenters. The first-order chi connectivity index (χ1) is 9.72. The van der Waals surface area contributed by atoms with Crippen LogP contribution in [0, 0.1) is 0 Å². The minimum atomic E-state index is -0.461. The predicted molar refractivity (Wildman–Crippen MR) is 81.9 cm³/mol. The fourth-order valence-corrected chi connectivity index (χ4v) is 2.73. The highest BCUT2D eigenvalue weighted by Crippen LogP contribution is 2.24. The number of thioether (sulfide) groups is 1. The van der Waals surface area contributed by atoms with Crippen molar-refractivity contribution in [1.82, 2.24) is 9.55 Å². The van der Waals surface area contributed by atoms with E-state index in [1.807, 2.05) is 42.9 Å². The molecule has 0 amide bonds. The van der Waals surface area contributed by atoms with Crippen LogP contribution in [0.3, 0.4) is 0 Å². The van der Waals surface area contributed by atoms with Gasteiger partial charge in [-0.05, 0) is 12.5 Å². The van der Waals surface area contributed by atoms with Gasteiger partial charge in [0.05, 0.1) is 24.6 Å². The molecule has 1 aromatic carbocycles. The summed E-state index contributed by atoms with van der Waals surface area (Å²) >= 11 is 1.54. The molecule has 0 aliphatic heterocycles. The van der Waals surface area contributed by atoms with Crippen LogP contribution in [0.25, 0.3) is 11.3 Å². The van der Waals surface area contributed by atoms with Gasteiger partial charge in [-0.25, -0.2) is 4.98 Å². The maximum absolute atomic E-state index is 9.77. The highest BCUT2D eigenvalue weighted by Gasteiger charge is 2.11. The second-order valence-corrected chi connectivity index (χ2v) is 5.46. The Kier molecular flexibility index (Phi) is 5.64. The van der Waals surface area contributed by atoms with Crippen LogP contribution in [0.1, 0.15) is 6.92 Å². The molecule has 0 saturated carbocycles. The lowest BCUT2D eigenvalue weighted by molar-refractivity contribution is 0.0551. The highest BCUT2D eigenvalue weighted by molar-refractivity contribution is 7.99. The smallest absolute Gasteiger partial charge is 0.168 e. The zero-order valence-corrected chi connectivity index (χ0v) is 12.6. The average Bonchev–Trinajstić information content (AvgIpc) is 2.85. The van der Waals surface area contributed by atoms with Crippen molar-refractivity contribution in [3.63, 3.8) is 0 Å². The number of aliphatic hydroxyl groups excluding tert-OH is 1. The normalized spacial score (nSPS) is 12.6. The first-order valence-corrected chi connectivity index (χ1v) is 7.66. The molecular weight excluding hydrogens is 272 g/mol. The lowest BCUT2D eigenvalue weighted by Gasteiger charge is -2.10. The summed E-state index contributed by atoms with van der Waals surface area (Å²) in [6, 6.07) is 10.2. The predicted octanol–water partition coefficient (Wildman–Crippen LogP) is 2.58. The molecule has 2 aromatic rings. The molecule has 0 spiro atoms. The van der Waals surface area contributed by atoms with Crippen LogP contribution in [-0.2, 0) is 11.8 Å². The van der Waals surface area contributed by atoms with Gasteiger partial charge in [-0.2, -0.15) is 0 Å². The van der Waals surface area contributed by atoms with Gasteiger partial charge in [-0.3, -0.25) is 0 Å². The van der Waals surface area contributed by atoms with Gasteiger partial charge < -0.3 is 14.4 Å². The van der Waals surface area contributed by atoms with Crippen LogP contribution in [0.2, 0.25) is 0 Å². The molecule has 20 heavy (non-hydrogen) atoms. The van der Waals surface area contributed by atoms with Crippen molar-refractivity contribution in [1.29, 1.82) is 0 Å². The van der Waals surface area contributed by atoms with Gasteiger partial charge in [0.15, 0.2) is 5.16 Å². The van der Waals surface area contributed by atoms with Crippen LogP contribution in [0.5, 0.6) is 0 Å². The zero-order chi connectivity index (χ0) is 14.4. The van der Waals surface area contributed by atoms with E-state index in [0.717, 1.165) is 16.4 Å². The Morgan fingerprint density at radius 3 is 2.80 bits per heavy atom. The molecule has 0 radical (unpaired) electrons. The monoisotopic (exact) mass is 292 g/mol. The fraction of sp³-hybridized carbons (Fsp3) is 0.400. The Bertz CT molecular complexity index is 528. The molecule has 1 N–H and O–H groups in total. The van der Waals surface area contributed by atoms with Gasteiger partial charge >= 0.3 is 0 Å². The third-order valence-electron chi connectivity index (χ3n) is 2.93. The number of imidazole rings is 1. The summed E-state index contributed by atoms with van der Waals surface area (Å²) in [5.41, 5.74) is 2.22. The second kappa shape index (κ2) is 7.47. The number of aromatic nitrogens is 2. The summed E-state index contributed by atoms with van der Waals surface area (Å²) in [6.07, 6.45) is 1.41. The van der Waals surface area contributed by atoms with Crippen LogP contribution in [0.15, 0.2) is 41.7 Å². The molecule has 4 nitrogen and oxygen atoms in total. The Hall–Kier alpha value is -1.30. The van der Waals surface area contributed by atoms with E-state index in [1.54, 1.807) is 11.8 Å². The number of rotatable bonds is 7. The van der Waals surface area contributed by atoms with E-state index in [0.29, 0.717) is 19.0 Å². The zero-order valence-electron chi connectivity index (χ0n) is 11.8. The molecule has 0 saturated heterocycles. The number of benzene rings is 1. The van der Waals surface area contributed by atoms with Gasteiger partial charge in [0.1, 0.15) is 0 Å². The highest BCUT2D eigenvalue weighted by atomic mass is 32.2. The number of nitrogens with zero attached hydrogens (tertiary/aromatic N) is 2. The molecule has 0 aliphatic carbocycles. The lowest BCUT2D eigenvalue weighted by Crippen LogP contribution is -2.18. The van der Waals surface area contributed by atoms with Gasteiger partial charge in [-0.15, -0.1) is 0 Å². The van der Waals surface area contributed by atoms with E-state index < -0.39 is 6.10 Å². The van der Waals surface area contributed by atoms with Crippen molar-refractivity contribution in [2.45, 2.75) is 18.2 Å². The van der Waals surface area contributed by atoms with E-state index in [1.165, 1.54) is 0 Å². The van der Waals surface area contributed by atoms with E-state index in [2.05, 4.69) is 17.1 Å². The first kappa shape index (κ1) is 15.1. The summed E-state index contributed by atoms with van der Waals surface area (Å²) in [4.78, 5) is 4.42. The van der Waals surface area contributed by atoms with Crippen molar-refractivity contribution in [2.75, 3.05) is 19.0 Å². The quantitative estimate of drug-likeness (QED) is 0.797. The molecule has 5 heteroatoms. The molecule has 108 valence electrons. The standard InChI is InChI=1S/C15H20N2O2S/c1-3-19-10-13(18)11-20-15-16-9-14(17(15)2)12-7-5-4-6-8-12/h4-9,13,18H,3,10-11H2,1-2H3/t13-/m0/s1. The summed E-state index contributed by atoms with van der Waals surface area (Å²) in [7, 11) is 1.99. The Morgan fingerprint density at radius 1 is 1.35 bits per heavy atom. The lowest BCUT2D eigenvalue weighted by atomic mass is 10.2. The molecule has 2 rings (SSSR count). The Morgan fingerprint density at radius 2 is 2.10 bits per heavy atom. The topological polar surface area (TPSA) is 47.3 Å². The van der Waals surface area contributed by atoms with Crippen molar-refractivity contribution in [2.24, 2.45) is 7.05 Å². The average molecular weight is 292 g/mol. The molecular formula is C15H20N2O2S. The Balaban J connectivity index is 1.99. The van der Waals surface area contributed by atoms with E-state index in [9.17, 15) is 5.11 Å². The maximum atomic E-state index is 9.77. The fourth-order valence-electron chi connectivity index (χ4n) is 1.88. The first-order valence-electron chi connectivity index (χ1n) is 6.68. The SMILES string of the molecule is CCOC[C@H](O)CSc1ncc(-c2ccccc2)n1C. The van der Waals surface area contributed by atoms with Crippen molar-refractivity contribution in [3.8, 4) is 11.3 Å². The van der Waals surface area contributed by atoms with Gasteiger partial charge in [0, 0.05) is 19.4 Å². The van der Waals surface area contributed by atoms with Crippen molar-refractivity contribution < 1.29 is 9.84 Å². The van der Waals surface area contributed by atoms with Crippen LogP contribution in [-0.4, -0.2) is 39.7 Å². The van der Waals surface area contributed by atoms with Gasteiger partial charge in [0.25, 0.3) is 0 Å². The molecule has 0 aliphatic rings. The summed E-state index contributed by atoms with van der Waals surface area (Å²) in [6.45, 7) is 2.92. The van der Waals surface area contributed by atoms with Crippen molar-refractivity contribution in [3.05, 3.63) is 36.5 Å². The van der Waals surface area contributed by atoms with Gasteiger partial charge in [0.2, 0.25) is 0 Å². The third kappa shape index (κ3) is 3.85. The number of hydrogen-bond acceptors (Lipinski definition) is 4. The van der Waals surface area contributed by atoms with E-state index >= 15 is 0 Å². The molecule has 1 heterocycles.